The van der Waals surface area contributed by atoms with Gasteiger partial charge in [0, 0.05) is 5.56 Å². The summed E-state index contributed by atoms with van der Waals surface area (Å²) in [5, 5.41) is 0. The number of carbonyl (C=O) groups excluding carboxylic acids is 1. The van der Waals surface area contributed by atoms with E-state index in [1.54, 1.807) is 24.7 Å². The fraction of sp³-hybridized carbons (Fsp3) is 0.231. The number of fused-ring (bicyclic) bond motifs is 3. The lowest BCUT2D eigenvalue weighted by Gasteiger charge is -2.11. The van der Waals surface area contributed by atoms with Gasteiger partial charge < -0.3 is 14.0 Å². The van der Waals surface area contributed by atoms with Crippen molar-refractivity contribution in [3.05, 3.63) is 34.7 Å². The molecule has 6 heteroatoms. The number of nitrogens with zero attached hydrogens (tertiary/aromatic N) is 2. The lowest BCUT2D eigenvalue weighted by Crippen LogP contribution is -2.04. The number of aromatic nitrogens is 2. The molecular formula is C13H11BrN2O3. The molecule has 0 bridgehead atoms. The van der Waals surface area contributed by atoms with E-state index in [9.17, 15) is 4.79 Å². The van der Waals surface area contributed by atoms with Crippen LogP contribution in [0.2, 0.25) is 0 Å². The van der Waals surface area contributed by atoms with Crippen LogP contribution in [-0.4, -0.2) is 29.2 Å². The molecule has 0 aliphatic carbocycles. The summed E-state index contributed by atoms with van der Waals surface area (Å²) >= 11 is 3.44. The topological polar surface area (TPSA) is 53.3 Å². The van der Waals surface area contributed by atoms with Gasteiger partial charge in [-0.25, -0.2) is 9.78 Å². The predicted octanol–water partition coefficient (Wildman–Crippen LogP) is 2.49. The SMILES string of the molecule is COC(=O)c1cc(Br)c2c(c1)-c1cncn1CCO2. The highest BCUT2D eigenvalue weighted by molar-refractivity contribution is 9.10. The fourth-order valence-corrected chi connectivity index (χ4v) is 2.71. The molecule has 3 rings (SSSR count). The van der Waals surface area contributed by atoms with Crippen LogP contribution in [0.3, 0.4) is 0 Å². The van der Waals surface area contributed by atoms with Crippen molar-refractivity contribution in [2.45, 2.75) is 6.54 Å². The summed E-state index contributed by atoms with van der Waals surface area (Å²) in [4.78, 5) is 15.8. The van der Waals surface area contributed by atoms with Crippen LogP contribution in [0.1, 0.15) is 10.4 Å². The van der Waals surface area contributed by atoms with Gasteiger partial charge in [-0.3, -0.25) is 0 Å². The van der Waals surface area contributed by atoms with Crippen LogP contribution in [-0.2, 0) is 11.3 Å². The van der Waals surface area contributed by atoms with Crippen LogP contribution < -0.4 is 4.74 Å². The van der Waals surface area contributed by atoms with Crippen molar-refractivity contribution in [3.8, 4) is 17.0 Å². The summed E-state index contributed by atoms with van der Waals surface area (Å²) in [6.07, 6.45) is 3.52. The van der Waals surface area contributed by atoms with Gasteiger partial charge in [-0.05, 0) is 28.1 Å². The number of imidazole rings is 1. The molecule has 0 atom stereocenters. The van der Waals surface area contributed by atoms with Crippen molar-refractivity contribution in [2.24, 2.45) is 0 Å². The minimum atomic E-state index is -0.376. The molecule has 2 heterocycles. The first-order chi connectivity index (χ1) is 9.20. The highest BCUT2D eigenvalue weighted by Crippen LogP contribution is 2.39. The second-order valence-electron chi connectivity index (χ2n) is 4.15. The van der Waals surface area contributed by atoms with E-state index in [1.165, 1.54) is 7.11 Å². The Morgan fingerprint density at radius 1 is 1.53 bits per heavy atom. The van der Waals surface area contributed by atoms with Crippen molar-refractivity contribution < 1.29 is 14.3 Å². The second kappa shape index (κ2) is 4.70. The number of esters is 1. The summed E-state index contributed by atoms with van der Waals surface area (Å²) in [7, 11) is 1.36. The summed E-state index contributed by atoms with van der Waals surface area (Å²) in [5.41, 5.74) is 2.25. The molecule has 0 unspecified atom stereocenters. The molecule has 0 fully saturated rings. The van der Waals surface area contributed by atoms with E-state index in [1.807, 2.05) is 4.57 Å². The summed E-state index contributed by atoms with van der Waals surface area (Å²) < 4.78 is 13.2. The van der Waals surface area contributed by atoms with Gasteiger partial charge >= 0.3 is 5.97 Å². The molecule has 1 aromatic heterocycles. The van der Waals surface area contributed by atoms with Gasteiger partial charge in [-0.15, -0.1) is 0 Å². The van der Waals surface area contributed by atoms with Gasteiger partial charge in [0.1, 0.15) is 12.4 Å². The minimum Gasteiger partial charge on any atom is -0.490 e. The van der Waals surface area contributed by atoms with E-state index in [-0.39, 0.29) is 5.97 Å². The minimum absolute atomic E-state index is 0.376. The average molecular weight is 323 g/mol. The van der Waals surface area contributed by atoms with Crippen molar-refractivity contribution in [1.29, 1.82) is 0 Å². The Kier molecular flexibility index (Phi) is 3.02. The lowest BCUT2D eigenvalue weighted by molar-refractivity contribution is 0.0600. The van der Waals surface area contributed by atoms with Crippen LogP contribution in [0.25, 0.3) is 11.3 Å². The standard InChI is InChI=1S/C13H11BrN2O3/c1-18-13(17)8-4-9-11-6-15-7-16(11)2-3-19-12(9)10(14)5-8/h4-7H,2-3H2,1H3. The zero-order valence-corrected chi connectivity index (χ0v) is 11.8. The van der Waals surface area contributed by atoms with Crippen LogP contribution in [0.15, 0.2) is 29.1 Å². The van der Waals surface area contributed by atoms with Crippen molar-refractivity contribution in [3.63, 3.8) is 0 Å². The molecular weight excluding hydrogens is 312 g/mol. The van der Waals surface area contributed by atoms with Crippen molar-refractivity contribution in [1.82, 2.24) is 9.55 Å². The molecule has 0 spiro atoms. The molecule has 0 radical (unpaired) electrons. The Balaban J connectivity index is 2.23. The average Bonchev–Trinajstić information content (AvgIpc) is 2.80. The van der Waals surface area contributed by atoms with Crippen molar-refractivity contribution >= 4 is 21.9 Å². The number of halogens is 1. The molecule has 98 valence electrons. The summed E-state index contributed by atoms with van der Waals surface area (Å²) in [5.74, 6) is 0.353. The number of ether oxygens (including phenoxy) is 2. The molecule has 0 N–H and O–H groups in total. The number of benzene rings is 1. The van der Waals surface area contributed by atoms with Crippen LogP contribution in [0.4, 0.5) is 0 Å². The Bertz CT molecular complexity index is 651. The molecule has 0 saturated heterocycles. The lowest BCUT2D eigenvalue weighted by atomic mass is 10.1. The Hall–Kier alpha value is -1.82. The fourth-order valence-electron chi connectivity index (χ4n) is 2.14. The summed E-state index contributed by atoms with van der Waals surface area (Å²) in [6, 6.07) is 3.47. The normalized spacial score (nSPS) is 12.9. The van der Waals surface area contributed by atoms with Crippen LogP contribution in [0, 0.1) is 0 Å². The molecule has 19 heavy (non-hydrogen) atoms. The number of hydrogen-bond acceptors (Lipinski definition) is 4. The first-order valence-electron chi connectivity index (χ1n) is 5.76. The number of rotatable bonds is 1. The maximum absolute atomic E-state index is 11.7. The van der Waals surface area contributed by atoms with Crippen molar-refractivity contribution in [2.75, 3.05) is 13.7 Å². The first-order valence-corrected chi connectivity index (χ1v) is 6.55. The molecule has 0 amide bonds. The monoisotopic (exact) mass is 322 g/mol. The zero-order chi connectivity index (χ0) is 13.4. The van der Waals surface area contributed by atoms with Gasteiger partial charge in [0.25, 0.3) is 0 Å². The van der Waals surface area contributed by atoms with Gasteiger partial charge in [-0.1, -0.05) is 0 Å². The van der Waals surface area contributed by atoms with Gasteiger partial charge in [-0.2, -0.15) is 0 Å². The molecule has 0 saturated carbocycles. The van der Waals surface area contributed by atoms with E-state index in [0.717, 1.165) is 28.0 Å². The first kappa shape index (κ1) is 12.2. The van der Waals surface area contributed by atoms with Gasteiger partial charge in [0.15, 0.2) is 0 Å². The van der Waals surface area contributed by atoms with Gasteiger partial charge in [0.05, 0.1) is 41.9 Å². The summed E-state index contributed by atoms with van der Waals surface area (Å²) in [6.45, 7) is 1.29. The molecule has 1 aromatic carbocycles. The molecule has 2 aromatic rings. The van der Waals surface area contributed by atoms with Crippen LogP contribution >= 0.6 is 15.9 Å². The molecule has 5 nitrogen and oxygen atoms in total. The van der Waals surface area contributed by atoms with E-state index in [0.29, 0.717) is 12.2 Å². The number of methoxy groups -OCH3 is 1. The van der Waals surface area contributed by atoms with Crippen LogP contribution in [0.5, 0.6) is 5.75 Å². The largest absolute Gasteiger partial charge is 0.490 e. The number of carbonyl (C=O) groups is 1. The Labute approximate surface area is 118 Å². The highest BCUT2D eigenvalue weighted by Gasteiger charge is 2.21. The second-order valence-corrected chi connectivity index (χ2v) is 5.00. The van der Waals surface area contributed by atoms with E-state index in [4.69, 9.17) is 9.47 Å². The third-order valence-corrected chi connectivity index (χ3v) is 3.62. The maximum Gasteiger partial charge on any atom is 0.337 e. The Morgan fingerprint density at radius 2 is 2.37 bits per heavy atom. The van der Waals surface area contributed by atoms with E-state index in [2.05, 4.69) is 20.9 Å². The third-order valence-electron chi connectivity index (χ3n) is 3.03. The highest BCUT2D eigenvalue weighted by atomic mass is 79.9. The predicted molar refractivity (Wildman–Crippen MR) is 72.2 cm³/mol. The third kappa shape index (κ3) is 2.02. The Morgan fingerprint density at radius 3 is 3.16 bits per heavy atom. The van der Waals surface area contributed by atoms with E-state index < -0.39 is 0 Å². The maximum atomic E-state index is 11.7. The van der Waals surface area contributed by atoms with Gasteiger partial charge in [0.2, 0.25) is 0 Å². The number of hydrogen-bond donors (Lipinski definition) is 0. The molecule has 1 aliphatic rings. The quantitative estimate of drug-likeness (QED) is 0.757. The smallest absolute Gasteiger partial charge is 0.337 e. The molecule has 1 aliphatic heterocycles. The van der Waals surface area contributed by atoms with E-state index >= 15 is 0 Å². The zero-order valence-electron chi connectivity index (χ0n) is 10.2.